The Kier molecular flexibility index (Phi) is 11.8. The van der Waals surface area contributed by atoms with Gasteiger partial charge >= 0.3 is 37.4 Å². The van der Waals surface area contributed by atoms with Crippen molar-refractivity contribution in [2.45, 2.75) is 109 Å². The Labute approximate surface area is 224 Å². The van der Waals surface area contributed by atoms with Crippen LogP contribution in [-0.4, -0.2) is 41.1 Å². The summed E-state index contributed by atoms with van der Waals surface area (Å²) in [6, 6.07) is 0. The van der Waals surface area contributed by atoms with Crippen LogP contribution < -0.4 is 0 Å². The molecule has 3 aliphatic carbocycles. The molecule has 214 valence electrons. The number of carboxylic acids is 1. The zero-order valence-electron chi connectivity index (χ0n) is 22.1. The first-order chi connectivity index (χ1) is 18.1. The van der Waals surface area contributed by atoms with Crippen LogP contribution in [0.4, 0.5) is 0 Å². The highest BCUT2D eigenvalue weighted by atomic mass is 31.2. The van der Waals surface area contributed by atoms with Crippen molar-refractivity contribution in [2.75, 3.05) is 6.16 Å². The van der Waals surface area contributed by atoms with Crippen molar-refractivity contribution in [3.05, 3.63) is 0 Å². The van der Waals surface area contributed by atoms with Crippen LogP contribution in [0.15, 0.2) is 0 Å². The van der Waals surface area contributed by atoms with E-state index in [4.69, 9.17) is 18.9 Å². The first-order valence-electron chi connectivity index (χ1n) is 14.1. The van der Waals surface area contributed by atoms with Crippen molar-refractivity contribution < 1.29 is 47.4 Å². The number of ether oxygens (including phenoxy) is 1. The van der Waals surface area contributed by atoms with Crippen LogP contribution in [0.2, 0.25) is 0 Å². The summed E-state index contributed by atoms with van der Waals surface area (Å²) in [5.74, 6) is -5.59. The van der Waals surface area contributed by atoms with Crippen molar-refractivity contribution in [1.29, 1.82) is 0 Å². The van der Waals surface area contributed by atoms with E-state index in [1.54, 1.807) is 0 Å². The molecule has 0 aromatic carbocycles. The summed E-state index contributed by atoms with van der Waals surface area (Å²) >= 11 is 0. The van der Waals surface area contributed by atoms with Gasteiger partial charge in [0.05, 0.1) is 12.1 Å². The van der Waals surface area contributed by atoms with Gasteiger partial charge in [0.15, 0.2) is 0 Å². The quantitative estimate of drug-likeness (QED) is 0.164. The standard InChI is InChI=1S/C27H41O10P/c28-23(29)14-13-22(27(33)35-24(30)15-19-7-1-2-8-19)18-38(34,36-25(31)16-20-9-3-4-10-20)37-26(32)17-21-11-5-6-12-21/h19-22H,1-18H2,(H,28,29). The van der Waals surface area contributed by atoms with Crippen LogP contribution in [0.25, 0.3) is 0 Å². The maximum absolute atomic E-state index is 13.8. The third-order valence-corrected chi connectivity index (χ3v) is 9.82. The first kappa shape index (κ1) is 30.3. The summed E-state index contributed by atoms with van der Waals surface area (Å²) in [5.41, 5.74) is 0. The van der Waals surface area contributed by atoms with Crippen LogP contribution in [0.1, 0.15) is 109 Å². The molecular weight excluding hydrogens is 515 g/mol. The minimum absolute atomic E-state index is 0.0221. The highest BCUT2D eigenvalue weighted by Gasteiger charge is 2.41. The van der Waals surface area contributed by atoms with Gasteiger partial charge in [-0.3, -0.25) is 24.0 Å². The molecule has 3 saturated carbocycles. The maximum Gasteiger partial charge on any atom is 0.435 e. The second-order valence-electron chi connectivity index (χ2n) is 11.2. The Morgan fingerprint density at radius 2 is 1.08 bits per heavy atom. The van der Waals surface area contributed by atoms with Crippen molar-refractivity contribution in [3.63, 3.8) is 0 Å². The first-order valence-corrected chi connectivity index (χ1v) is 15.8. The van der Waals surface area contributed by atoms with Gasteiger partial charge in [-0.15, -0.1) is 0 Å². The molecule has 0 spiro atoms. The molecule has 0 radical (unpaired) electrons. The molecule has 0 saturated heterocycles. The summed E-state index contributed by atoms with van der Waals surface area (Å²) in [5, 5.41) is 9.16. The monoisotopic (exact) mass is 556 g/mol. The number of carbonyl (C=O) groups is 5. The number of aliphatic carboxylic acids is 1. The summed E-state index contributed by atoms with van der Waals surface area (Å²) in [6.45, 7) is 0. The van der Waals surface area contributed by atoms with Gasteiger partial charge in [-0.25, -0.2) is 4.57 Å². The number of hydrogen-bond donors (Lipinski definition) is 1. The molecule has 0 aliphatic heterocycles. The SMILES string of the molecule is O=C(O)CCC(CP(=O)(OC(=O)CC1CCCC1)OC(=O)CC1CCCC1)C(=O)OC(=O)CC1CCCC1. The van der Waals surface area contributed by atoms with E-state index in [9.17, 15) is 28.5 Å². The number of carbonyl (C=O) groups excluding carboxylic acids is 4. The smallest absolute Gasteiger partial charge is 0.435 e. The van der Waals surface area contributed by atoms with Gasteiger partial charge in [-0.2, -0.15) is 0 Å². The lowest BCUT2D eigenvalue weighted by atomic mass is 10.0. The molecule has 0 heterocycles. The van der Waals surface area contributed by atoms with Crippen LogP contribution in [0, 0.1) is 23.7 Å². The molecule has 0 bridgehead atoms. The second kappa shape index (κ2) is 14.8. The number of carboxylic acid groups (broad SMARTS) is 1. The molecule has 1 N–H and O–H groups in total. The lowest BCUT2D eigenvalue weighted by Gasteiger charge is -2.23. The van der Waals surface area contributed by atoms with E-state index in [-0.39, 0.29) is 43.4 Å². The number of hydrogen-bond acceptors (Lipinski definition) is 9. The minimum atomic E-state index is -4.49. The molecule has 1 unspecified atom stereocenters. The Balaban J connectivity index is 1.70. The summed E-state index contributed by atoms with van der Waals surface area (Å²) in [7, 11) is -4.49. The second-order valence-corrected chi connectivity index (χ2v) is 13.2. The van der Waals surface area contributed by atoms with Crippen molar-refractivity contribution in [2.24, 2.45) is 23.7 Å². The topological polar surface area (TPSA) is 150 Å². The molecule has 1 atom stereocenters. The van der Waals surface area contributed by atoms with E-state index in [0.717, 1.165) is 77.0 Å². The molecule has 3 rings (SSSR count). The van der Waals surface area contributed by atoms with Gasteiger partial charge in [-0.05, 0) is 62.7 Å². The molecular formula is C27H41O10P. The van der Waals surface area contributed by atoms with Crippen LogP contribution >= 0.6 is 7.60 Å². The average Bonchev–Trinajstić information content (AvgIpc) is 3.60. The Hall–Kier alpha value is -2.22. The Morgan fingerprint density at radius 3 is 1.47 bits per heavy atom. The highest BCUT2D eigenvalue weighted by Crippen LogP contribution is 2.52. The lowest BCUT2D eigenvalue weighted by Crippen LogP contribution is -2.27. The fourth-order valence-electron chi connectivity index (χ4n) is 5.92. The van der Waals surface area contributed by atoms with E-state index in [0.29, 0.717) is 0 Å². The summed E-state index contributed by atoms with van der Waals surface area (Å²) in [4.78, 5) is 61.9. The van der Waals surface area contributed by atoms with Crippen molar-refractivity contribution >= 4 is 37.4 Å². The molecule has 3 fully saturated rings. The van der Waals surface area contributed by atoms with E-state index in [2.05, 4.69) is 0 Å². The lowest BCUT2D eigenvalue weighted by molar-refractivity contribution is -0.163. The van der Waals surface area contributed by atoms with Crippen LogP contribution in [0.5, 0.6) is 0 Å². The highest BCUT2D eigenvalue weighted by molar-refractivity contribution is 7.55. The molecule has 38 heavy (non-hydrogen) atoms. The van der Waals surface area contributed by atoms with Gasteiger partial charge in [0.25, 0.3) is 0 Å². The third kappa shape index (κ3) is 10.5. The Morgan fingerprint density at radius 1 is 0.684 bits per heavy atom. The van der Waals surface area contributed by atoms with E-state index < -0.39 is 55.9 Å². The maximum atomic E-state index is 13.8. The zero-order valence-corrected chi connectivity index (χ0v) is 23.0. The molecule has 0 aromatic rings. The predicted molar refractivity (Wildman–Crippen MR) is 136 cm³/mol. The van der Waals surface area contributed by atoms with E-state index in [1.165, 1.54) is 0 Å². The van der Waals surface area contributed by atoms with Gasteiger partial charge < -0.3 is 18.9 Å². The summed E-state index contributed by atoms with van der Waals surface area (Å²) in [6.07, 6.45) is 9.71. The fourth-order valence-corrected chi connectivity index (χ4v) is 7.74. The third-order valence-electron chi connectivity index (χ3n) is 7.97. The minimum Gasteiger partial charge on any atom is -0.481 e. The normalized spacial score (nSPS) is 19.8. The largest absolute Gasteiger partial charge is 0.481 e. The molecule has 3 aliphatic rings. The number of rotatable bonds is 14. The van der Waals surface area contributed by atoms with E-state index in [1.807, 2.05) is 0 Å². The van der Waals surface area contributed by atoms with E-state index >= 15 is 0 Å². The van der Waals surface area contributed by atoms with Gasteiger partial charge in [0.2, 0.25) is 0 Å². The predicted octanol–water partition coefficient (Wildman–Crippen LogP) is 5.56. The van der Waals surface area contributed by atoms with Gasteiger partial charge in [0.1, 0.15) is 0 Å². The number of esters is 2. The van der Waals surface area contributed by atoms with Crippen molar-refractivity contribution in [3.8, 4) is 0 Å². The molecule has 10 nitrogen and oxygen atoms in total. The molecule has 0 amide bonds. The van der Waals surface area contributed by atoms with Crippen molar-refractivity contribution in [1.82, 2.24) is 0 Å². The molecule has 0 aromatic heterocycles. The van der Waals surface area contributed by atoms with Gasteiger partial charge in [-0.1, -0.05) is 38.5 Å². The Bertz CT molecular complexity index is 862. The van der Waals surface area contributed by atoms with Gasteiger partial charge in [0, 0.05) is 25.7 Å². The zero-order chi connectivity index (χ0) is 27.5. The summed E-state index contributed by atoms with van der Waals surface area (Å²) < 4.78 is 29.3. The fraction of sp³-hybridized carbons (Fsp3) is 0.815. The van der Waals surface area contributed by atoms with Crippen LogP contribution in [0.3, 0.4) is 0 Å². The molecule has 11 heteroatoms. The van der Waals surface area contributed by atoms with Crippen LogP contribution in [-0.2, 0) is 42.3 Å². The average molecular weight is 557 g/mol.